The molecule has 0 spiro atoms. The van der Waals surface area contributed by atoms with Crippen molar-refractivity contribution in [3.8, 4) is 0 Å². The first-order chi connectivity index (χ1) is 5.22. The van der Waals surface area contributed by atoms with Gasteiger partial charge in [-0.2, -0.15) is 0 Å². The zero-order valence-corrected chi connectivity index (χ0v) is 5.55. The van der Waals surface area contributed by atoms with Crippen LogP contribution in [0.4, 0.5) is 13.2 Å². The van der Waals surface area contributed by atoms with Crippen molar-refractivity contribution in [2.24, 2.45) is 0 Å². The Balaban J connectivity index is 2.77. The maximum Gasteiger partial charge on any atom is 0.275 e. The normalized spacial score (nSPS) is 13.5. The van der Waals surface area contributed by atoms with Gasteiger partial charge in [-0.05, 0) is 12.1 Å². The van der Waals surface area contributed by atoms with Gasteiger partial charge >= 0.3 is 0 Å². The van der Waals surface area contributed by atoms with Crippen LogP contribution in [0.2, 0.25) is 0 Å². The third-order valence-electron chi connectivity index (χ3n) is 1.19. The second-order valence-electron chi connectivity index (χ2n) is 1.99. The molecule has 0 saturated heterocycles. The SMILES string of the molecule is FC(F)C(F)c1ccccn1. The number of rotatable bonds is 2. The van der Waals surface area contributed by atoms with Crippen molar-refractivity contribution in [3.05, 3.63) is 30.1 Å². The molecule has 1 aromatic heterocycles. The molecule has 0 radical (unpaired) electrons. The predicted octanol–water partition coefficient (Wildman–Crippen LogP) is 2.36. The van der Waals surface area contributed by atoms with E-state index >= 15 is 0 Å². The van der Waals surface area contributed by atoms with Gasteiger partial charge in [0.1, 0.15) is 0 Å². The Morgan fingerprint density at radius 2 is 1.91 bits per heavy atom. The number of alkyl halides is 3. The van der Waals surface area contributed by atoms with Crippen molar-refractivity contribution in [1.82, 2.24) is 4.98 Å². The predicted molar refractivity (Wildman–Crippen MR) is 34.1 cm³/mol. The summed E-state index contributed by atoms with van der Waals surface area (Å²) in [6, 6.07) is 4.25. The largest absolute Gasteiger partial charge is 0.275 e. The Morgan fingerprint density at radius 3 is 2.36 bits per heavy atom. The molecule has 0 aliphatic carbocycles. The molecule has 1 unspecified atom stereocenters. The zero-order chi connectivity index (χ0) is 8.27. The highest BCUT2D eigenvalue weighted by Gasteiger charge is 2.21. The summed E-state index contributed by atoms with van der Waals surface area (Å²) in [6.45, 7) is 0. The fourth-order valence-electron chi connectivity index (χ4n) is 0.668. The van der Waals surface area contributed by atoms with E-state index in [1.54, 1.807) is 6.07 Å². The van der Waals surface area contributed by atoms with Crippen molar-refractivity contribution in [2.75, 3.05) is 0 Å². The molecule has 0 fully saturated rings. The molecular weight excluding hydrogens is 155 g/mol. The third kappa shape index (κ3) is 1.93. The lowest BCUT2D eigenvalue weighted by Gasteiger charge is -2.04. The summed E-state index contributed by atoms with van der Waals surface area (Å²) in [7, 11) is 0. The zero-order valence-electron chi connectivity index (χ0n) is 5.55. The average molecular weight is 161 g/mol. The van der Waals surface area contributed by atoms with Crippen LogP contribution in [0.1, 0.15) is 11.9 Å². The van der Waals surface area contributed by atoms with Crippen LogP contribution >= 0.6 is 0 Å². The highest BCUT2D eigenvalue weighted by atomic mass is 19.3. The van der Waals surface area contributed by atoms with E-state index in [9.17, 15) is 13.2 Å². The molecule has 0 aromatic carbocycles. The van der Waals surface area contributed by atoms with E-state index in [0.29, 0.717) is 0 Å². The van der Waals surface area contributed by atoms with Crippen molar-refractivity contribution in [2.45, 2.75) is 12.6 Å². The van der Waals surface area contributed by atoms with E-state index in [-0.39, 0.29) is 5.69 Å². The smallest absolute Gasteiger partial charge is 0.258 e. The van der Waals surface area contributed by atoms with Crippen LogP contribution in [0, 0.1) is 0 Å². The summed E-state index contributed by atoms with van der Waals surface area (Å²) in [5.41, 5.74) is -0.220. The molecule has 0 aliphatic heterocycles. The monoisotopic (exact) mass is 161 g/mol. The van der Waals surface area contributed by atoms with E-state index in [2.05, 4.69) is 4.98 Å². The molecule has 0 aliphatic rings. The molecule has 0 saturated carbocycles. The number of aromatic nitrogens is 1. The number of nitrogens with zero attached hydrogens (tertiary/aromatic N) is 1. The summed E-state index contributed by atoms with van der Waals surface area (Å²) >= 11 is 0. The van der Waals surface area contributed by atoms with Gasteiger partial charge in [-0.15, -0.1) is 0 Å². The molecule has 1 atom stereocenters. The molecule has 1 nitrogen and oxygen atoms in total. The summed E-state index contributed by atoms with van der Waals surface area (Å²) in [6.07, 6.45) is -3.98. The summed E-state index contributed by atoms with van der Waals surface area (Å²) in [5.74, 6) is 0. The maximum atomic E-state index is 12.4. The van der Waals surface area contributed by atoms with Gasteiger partial charge in [0.25, 0.3) is 6.43 Å². The molecule has 0 N–H and O–H groups in total. The molecular formula is C7H6F3N. The number of hydrogen-bond donors (Lipinski definition) is 0. The highest BCUT2D eigenvalue weighted by molar-refractivity contribution is 5.07. The lowest BCUT2D eigenvalue weighted by Crippen LogP contribution is -2.04. The quantitative estimate of drug-likeness (QED) is 0.648. The summed E-state index contributed by atoms with van der Waals surface area (Å²) < 4.78 is 35.8. The van der Waals surface area contributed by atoms with Gasteiger partial charge in [-0.25, -0.2) is 13.2 Å². The van der Waals surface area contributed by atoms with Crippen LogP contribution in [-0.4, -0.2) is 11.4 Å². The van der Waals surface area contributed by atoms with Gasteiger partial charge in [-0.1, -0.05) is 6.07 Å². The van der Waals surface area contributed by atoms with Gasteiger partial charge in [-0.3, -0.25) is 4.98 Å². The summed E-state index contributed by atoms with van der Waals surface area (Å²) in [4.78, 5) is 3.44. The fraction of sp³-hybridized carbons (Fsp3) is 0.286. The number of hydrogen-bond acceptors (Lipinski definition) is 1. The molecule has 60 valence electrons. The van der Waals surface area contributed by atoms with Crippen LogP contribution in [0.15, 0.2) is 24.4 Å². The fourth-order valence-corrected chi connectivity index (χ4v) is 0.668. The Bertz CT molecular complexity index is 212. The molecule has 1 aromatic rings. The van der Waals surface area contributed by atoms with Crippen LogP contribution in [0.3, 0.4) is 0 Å². The lowest BCUT2D eigenvalue weighted by atomic mass is 10.2. The van der Waals surface area contributed by atoms with Gasteiger partial charge in [0.2, 0.25) is 6.17 Å². The topological polar surface area (TPSA) is 12.9 Å². The Kier molecular flexibility index (Phi) is 2.46. The summed E-state index contributed by atoms with van der Waals surface area (Å²) in [5, 5.41) is 0. The third-order valence-corrected chi connectivity index (χ3v) is 1.19. The Morgan fingerprint density at radius 1 is 1.18 bits per heavy atom. The molecule has 1 rings (SSSR count). The van der Waals surface area contributed by atoms with Crippen molar-refractivity contribution in [1.29, 1.82) is 0 Å². The average Bonchev–Trinajstić information content (AvgIpc) is 2.05. The van der Waals surface area contributed by atoms with E-state index in [0.717, 1.165) is 0 Å². The van der Waals surface area contributed by atoms with Crippen LogP contribution in [0.5, 0.6) is 0 Å². The lowest BCUT2D eigenvalue weighted by molar-refractivity contribution is 0.0473. The van der Waals surface area contributed by atoms with E-state index in [1.807, 2.05) is 0 Å². The van der Waals surface area contributed by atoms with Gasteiger partial charge in [0.05, 0.1) is 5.69 Å². The number of pyridine rings is 1. The van der Waals surface area contributed by atoms with E-state index in [1.165, 1.54) is 18.3 Å². The first-order valence-electron chi connectivity index (χ1n) is 3.05. The maximum absolute atomic E-state index is 12.4. The van der Waals surface area contributed by atoms with Crippen LogP contribution < -0.4 is 0 Å². The number of halogens is 3. The first-order valence-corrected chi connectivity index (χ1v) is 3.05. The molecule has 1 heterocycles. The van der Waals surface area contributed by atoms with Crippen molar-refractivity contribution < 1.29 is 13.2 Å². The first kappa shape index (κ1) is 8.04. The molecule has 0 amide bonds. The van der Waals surface area contributed by atoms with Crippen molar-refractivity contribution in [3.63, 3.8) is 0 Å². The minimum absolute atomic E-state index is 0.220. The standard InChI is InChI=1S/C7H6F3N/c8-6(7(9)10)5-3-1-2-4-11-5/h1-4,6-7H. The minimum Gasteiger partial charge on any atom is -0.258 e. The van der Waals surface area contributed by atoms with Gasteiger partial charge < -0.3 is 0 Å². The minimum atomic E-state index is -3.00. The molecule has 0 bridgehead atoms. The molecule has 11 heavy (non-hydrogen) atoms. The van der Waals surface area contributed by atoms with E-state index in [4.69, 9.17) is 0 Å². The highest BCUT2D eigenvalue weighted by Crippen LogP contribution is 2.21. The van der Waals surface area contributed by atoms with E-state index < -0.39 is 12.6 Å². The second kappa shape index (κ2) is 3.37. The van der Waals surface area contributed by atoms with Crippen molar-refractivity contribution >= 4 is 0 Å². The van der Waals surface area contributed by atoms with Gasteiger partial charge in [0.15, 0.2) is 0 Å². The Hall–Kier alpha value is -1.06. The molecule has 4 heteroatoms. The van der Waals surface area contributed by atoms with Crippen LogP contribution in [0.25, 0.3) is 0 Å². The second-order valence-corrected chi connectivity index (χ2v) is 1.99. The van der Waals surface area contributed by atoms with Crippen LogP contribution in [-0.2, 0) is 0 Å². The van der Waals surface area contributed by atoms with Gasteiger partial charge in [0, 0.05) is 6.20 Å². The Labute approximate surface area is 61.9 Å².